The molecule has 0 radical (unpaired) electrons. The topological polar surface area (TPSA) is 91.2 Å². The third-order valence-electron chi connectivity index (χ3n) is 4.19. The van der Waals surface area contributed by atoms with Crippen molar-refractivity contribution in [2.24, 2.45) is 0 Å². The Morgan fingerprint density at radius 3 is 2.41 bits per heavy atom. The molecule has 0 unspecified atom stereocenters. The molecule has 0 aliphatic carbocycles. The van der Waals surface area contributed by atoms with Gasteiger partial charge in [-0.25, -0.2) is 4.39 Å². The Morgan fingerprint density at radius 2 is 1.69 bits per heavy atom. The van der Waals surface area contributed by atoms with Crippen molar-refractivity contribution in [3.8, 4) is 11.8 Å². The van der Waals surface area contributed by atoms with Crippen LogP contribution in [-0.2, 0) is 9.59 Å². The Kier molecular flexibility index (Phi) is 7.57. The summed E-state index contributed by atoms with van der Waals surface area (Å²) in [7, 11) is 0. The molecule has 3 aromatic rings. The average Bonchev–Trinajstić information content (AvgIpc) is 2.79. The largest absolute Gasteiger partial charge is 0.483 e. The Balaban J connectivity index is 1.70. The summed E-state index contributed by atoms with van der Waals surface area (Å²) >= 11 is 6.03. The van der Waals surface area contributed by atoms with Gasteiger partial charge in [-0.3, -0.25) is 9.59 Å². The summed E-state index contributed by atoms with van der Waals surface area (Å²) < 4.78 is 18.6. The van der Waals surface area contributed by atoms with Gasteiger partial charge in [-0.1, -0.05) is 41.9 Å². The third kappa shape index (κ3) is 6.17. The van der Waals surface area contributed by atoms with Gasteiger partial charge in [0.25, 0.3) is 11.8 Å². The standard InChI is InChI=1S/C24H17ClFN3O3/c25-20-6-2-3-7-21(20)29-23(30)15-32-22-8-4-1-5-16(22)13-17(14-27)24(31)28-19-11-9-18(26)10-12-19/h1-13H,15H2,(H,28,31)(H,29,30)/b17-13+. The van der Waals surface area contributed by atoms with E-state index in [1.54, 1.807) is 48.5 Å². The van der Waals surface area contributed by atoms with Crippen molar-refractivity contribution in [2.45, 2.75) is 0 Å². The number of nitrogens with zero attached hydrogens (tertiary/aromatic N) is 1. The average molecular weight is 450 g/mol. The molecule has 0 aliphatic rings. The fraction of sp³-hybridized carbons (Fsp3) is 0.0417. The highest BCUT2D eigenvalue weighted by Gasteiger charge is 2.13. The molecule has 0 aromatic heterocycles. The minimum absolute atomic E-state index is 0.189. The molecule has 3 aromatic carbocycles. The van der Waals surface area contributed by atoms with E-state index in [9.17, 15) is 19.2 Å². The van der Waals surface area contributed by atoms with Gasteiger partial charge in [0.2, 0.25) is 0 Å². The van der Waals surface area contributed by atoms with Crippen molar-refractivity contribution in [3.05, 3.63) is 94.8 Å². The van der Waals surface area contributed by atoms with Crippen molar-refractivity contribution in [3.63, 3.8) is 0 Å². The molecule has 2 amide bonds. The van der Waals surface area contributed by atoms with Crippen LogP contribution in [0.5, 0.6) is 5.75 Å². The first kappa shape index (κ1) is 22.5. The summed E-state index contributed by atoms with van der Waals surface area (Å²) in [6, 6.07) is 20.5. The van der Waals surface area contributed by atoms with Crippen molar-refractivity contribution in [1.82, 2.24) is 0 Å². The van der Waals surface area contributed by atoms with Crippen LogP contribution < -0.4 is 15.4 Å². The molecule has 0 spiro atoms. The van der Waals surface area contributed by atoms with Crippen LogP contribution in [0.25, 0.3) is 6.08 Å². The van der Waals surface area contributed by atoms with E-state index in [4.69, 9.17) is 16.3 Å². The van der Waals surface area contributed by atoms with Gasteiger partial charge in [-0.05, 0) is 48.5 Å². The number of amides is 2. The lowest BCUT2D eigenvalue weighted by molar-refractivity contribution is -0.118. The Labute approximate surface area is 188 Å². The highest BCUT2D eigenvalue weighted by molar-refractivity contribution is 6.33. The number of hydrogen-bond acceptors (Lipinski definition) is 4. The lowest BCUT2D eigenvalue weighted by Gasteiger charge is -2.11. The molecule has 0 heterocycles. The van der Waals surface area contributed by atoms with Crippen LogP contribution in [0.3, 0.4) is 0 Å². The maximum absolute atomic E-state index is 13.0. The number of ether oxygens (including phenoxy) is 1. The SMILES string of the molecule is N#C/C(=C\c1ccccc1OCC(=O)Nc1ccccc1Cl)C(=O)Nc1ccc(F)cc1. The van der Waals surface area contributed by atoms with Gasteiger partial charge in [0.15, 0.2) is 6.61 Å². The number of anilines is 2. The minimum atomic E-state index is -0.662. The molecular formula is C24H17ClFN3O3. The maximum atomic E-state index is 13.0. The first-order chi connectivity index (χ1) is 15.5. The number of para-hydroxylation sites is 2. The van der Waals surface area contributed by atoms with Crippen molar-refractivity contribution >= 4 is 40.9 Å². The van der Waals surface area contributed by atoms with E-state index in [0.717, 1.165) is 0 Å². The van der Waals surface area contributed by atoms with Crippen LogP contribution in [0.1, 0.15) is 5.56 Å². The molecule has 0 bridgehead atoms. The molecule has 32 heavy (non-hydrogen) atoms. The molecule has 0 aliphatic heterocycles. The number of rotatable bonds is 7. The minimum Gasteiger partial charge on any atom is -0.483 e. The number of benzene rings is 3. The molecule has 0 saturated heterocycles. The zero-order valence-corrected chi connectivity index (χ0v) is 17.4. The predicted molar refractivity (Wildman–Crippen MR) is 121 cm³/mol. The molecule has 2 N–H and O–H groups in total. The molecule has 6 nitrogen and oxygen atoms in total. The molecular weight excluding hydrogens is 433 g/mol. The highest BCUT2D eigenvalue weighted by Crippen LogP contribution is 2.23. The summed E-state index contributed by atoms with van der Waals surface area (Å²) in [6.07, 6.45) is 1.35. The lowest BCUT2D eigenvalue weighted by atomic mass is 10.1. The first-order valence-corrected chi connectivity index (χ1v) is 9.79. The molecule has 0 saturated carbocycles. The summed E-state index contributed by atoms with van der Waals surface area (Å²) in [6.45, 7) is -0.306. The molecule has 3 rings (SSSR count). The van der Waals surface area contributed by atoms with Gasteiger partial charge in [-0.2, -0.15) is 5.26 Å². The lowest BCUT2D eigenvalue weighted by Crippen LogP contribution is -2.20. The number of carbonyl (C=O) groups excluding carboxylic acids is 2. The fourth-order valence-corrected chi connectivity index (χ4v) is 2.84. The van der Waals surface area contributed by atoms with Gasteiger partial charge in [0, 0.05) is 11.3 Å². The number of nitriles is 1. The van der Waals surface area contributed by atoms with E-state index in [1.165, 1.54) is 30.3 Å². The first-order valence-electron chi connectivity index (χ1n) is 9.41. The van der Waals surface area contributed by atoms with Gasteiger partial charge >= 0.3 is 0 Å². The smallest absolute Gasteiger partial charge is 0.266 e. The van der Waals surface area contributed by atoms with E-state index in [2.05, 4.69) is 10.6 Å². The van der Waals surface area contributed by atoms with Crippen LogP contribution in [0.15, 0.2) is 78.4 Å². The van der Waals surface area contributed by atoms with Crippen LogP contribution in [0.2, 0.25) is 5.02 Å². The van der Waals surface area contributed by atoms with Gasteiger partial charge in [0.1, 0.15) is 23.2 Å². The quantitative estimate of drug-likeness (QED) is 0.390. The third-order valence-corrected chi connectivity index (χ3v) is 4.52. The Bertz CT molecular complexity index is 1200. The second-order valence-corrected chi connectivity index (χ2v) is 6.89. The predicted octanol–water partition coefficient (Wildman–Crippen LogP) is 5.04. The van der Waals surface area contributed by atoms with E-state index in [1.807, 2.05) is 6.07 Å². The van der Waals surface area contributed by atoms with E-state index in [0.29, 0.717) is 27.7 Å². The Hall–Kier alpha value is -4.15. The zero-order valence-electron chi connectivity index (χ0n) is 16.6. The van der Waals surface area contributed by atoms with Crippen LogP contribution in [-0.4, -0.2) is 18.4 Å². The highest BCUT2D eigenvalue weighted by atomic mass is 35.5. The van der Waals surface area contributed by atoms with Gasteiger partial charge < -0.3 is 15.4 Å². The molecule has 0 atom stereocenters. The molecule has 8 heteroatoms. The van der Waals surface area contributed by atoms with Crippen molar-refractivity contribution in [2.75, 3.05) is 17.2 Å². The van der Waals surface area contributed by atoms with E-state index < -0.39 is 17.6 Å². The second-order valence-electron chi connectivity index (χ2n) is 6.49. The van der Waals surface area contributed by atoms with Gasteiger partial charge in [-0.15, -0.1) is 0 Å². The van der Waals surface area contributed by atoms with E-state index in [-0.39, 0.29) is 12.2 Å². The normalized spacial score (nSPS) is 10.7. The monoisotopic (exact) mass is 449 g/mol. The van der Waals surface area contributed by atoms with Gasteiger partial charge in [0.05, 0.1) is 10.7 Å². The molecule has 160 valence electrons. The molecule has 0 fully saturated rings. The summed E-state index contributed by atoms with van der Waals surface area (Å²) in [5, 5.41) is 15.0. The van der Waals surface area contributed by atoms with Crippen LogP contribution in [0.4, 0.5) is 15.8 Å². The number of nitrogens with one attached hydrogen (secondary N) is 2. The van der Waals surface area contributed by atoms with E-state index >= 15 is 0 Å². The number of halogens is 2. The summed E-state index contributed by atoms with van der Waals surface area (Å²) in [5.74, 6) is -1.22. The summed E-state index contributed by atoms with van der Waals surface area (Å²) in [4.78, 5) is 24.6. The Morgan fingerprint density at radius 1 is 1.00 bits per heavy atom. The van der Waals surface area contributed by atoms with Crippen LogP contribution in [0, 0.1) is 17.1 Å². The second kappa shape index (κ2) is 10.8. The van der Waals surface area contributed by atoms with Crippen molar-refractivity contribution in [1.29, 1.82) is 5.26 Å². The fourth-order valence-electron chi connectivity index (χ4n) is 2.66. The van der Waals surface area contributed by atoms with Crippen LogP contribution >= 0.6 is 11.6 Å². The van der Waals surface area contributed by atoms with Crippen molar-refractivity contribution < 1.29 is 18.7 Å². The zero-order chi connectivity index (χ0) is 22.9. The number of hydrogen-bond donors (Lipinski definition) is 2. The summed E-state index contributed by atoms with van der Waals surface area (Å²) in [5.41, 5.74) is 1.05. The maximum Gasteiger partial charge on any atom is 0.266 e. The number of carbonyl (C=O) groups is 2.